The molecule has 0 spiro atoms. The Bertz CT molecular complexity index is 1510. The van der Waals surface area contributed by atoms with Crippen LogP contribution in [0.1, 0.15) is 16.7 Å². The lowest BCUT2D eigenvalue weighted by molar-refractivity contribution is -0.384. The van der Waals surface area contributed by atoms with Gasteiger partial charge in [-0.2, -0.15) is 0 Å². The number of pyridine rings is 1. The van der Waals surface area contributed by atoms with Gasteiger partial charge in [0.2, 0.25) is 0 Å². The number of carbonyl (C=O) groups excluding carboxylic acids is 1. The molecule has 1 N–H and O–H groups in total. The molecule has 4 aromatic rings. The number of anilines is 2. The third-order valence-corrected chi connectivity index (χ3v) is 6.50. The van der Waals surface area contributed by atoms with Crippen molar-refractivity contribution in [3.8, 4) is 11.5 Å². The summed E-state index contributed by atoms with van der Waals surface area (Å²) in [5, 5.41) is 15.6. The van der Waals surface area contributed by atoms with Gasteiger partial charge in [0.1, 0.15) is 18.5 Å². The van der Waals surface area contributed by atoms with Crippen LogP contribution in [-0.2, 0) is 24.3 Å². The summed E-state index contributed by atoms with van der Waals surface area (Å²) in [6.07, 6.45) is 1.53. The van der Waals surface area contributed by atoms with Gasteiger partial charge >= 0.3 is 11.8 Å². The Balaban J connectivity index is 1.41. The molecule has 3 aromatic carbocycles. The molecular weight excluding hydrogens is 488 g/mol. The minimum atomic E-state index is -0.478. The van der Waals surface area contributed by atoms with Crippen molar-refractivity contribution in [1.29, 1.82) is 0 Å². The maximum absolute atomic E-state index is 12.7. The predicted molar refractivity (Wildman–Crippen MR) is 142 cm³/mol. The Morgan fingerprint density at radius 1 is 1.05 bits per heavy atom. The van der Waals surface area contributed by atoms with Crippen LogP contribution in [-0.4, -0.2) is 41.7 Å². The molecule has 10 heteroatoms. The van der Waals surface area contributed by atoms with E-state index in [-0.39, 0.29) is 24.1 Å². The number of nitrogens with zero attached hydrogens (tertiary/aromatic N) is 3. The molecule has 0 saturated heterocycles. The van der Waals surface area contributed by atoms with E-state index in [9.17, 15) is 14.9 Å². The first-order chi connectivity index (χ1) is 18.5. The van der Waals surface area contributed by atoms with Gasteiger partial charge in [0.05, 0.1) is 24.7 Å². The molecular formula is C28H26N4O6. The van der Waals surface area contributed by atoms with Crippen LogP contribution in [0.4, 0.5) is 21.9 Å². The molecule has 0 atom stereocenters. The molecule has 0 bridgehead atoms. The summed E-state index contributed by atoms with van der Waals surface area (Å²) in [5.74, 6) is 0.903. The minimum Gasteiger partial charge on any atom is -0.493 e. The zero-order valence-corrected chi connectivity index (χ0v) is 21.0. The van der Waals surface area contributed by atoms with E-state index in [0.29, 0.717) is 47.6 Å². The monoisotopic (exact) mass is 514 g/mol. The van der Waals surface area contributed by atoms with E-state index in [0.717, 1.165) is 16.7 Å². The zero-order chi connectivity index (χ0) is 26.6. The number of ether oxygens (including phenoxy) is 3. The van der Waals surface area contributed by atoms with Gasteiger partial charge in [0, 0.05) is 30.2 Å². The van der Waals surface area contributed by atoms with Crippen molar-refractivity contribution in [3.63, 3.8) is 0 Å². The van der Waals surface area contributed by atoms with E-state index >= 15 is 0 Å². The molecule has 0 aliphatic carbocycles. The smallest absolute Gasteiger partial charge is 0.410 e. The van der Waals surface area contributed by atoms with Crippen LogP contribution in [0.25, 0.3) is 10.9 Å². The summed E-state index contributed by atoms with van der Waals surface area (Å²) >= 11 is 0. The number of methoxy groups -OCH3 is 2. The number of fused-ring (bicyclic) bond motifs is 2. The topological polar surface area (TPSA) is 116 Å². The molecule has 2 heterocycles. The van der Waals surface area contributed by atoms with Crippen LogP contribution in [0.15, 0.2) is 66.9 Å². The van der Waals surface area contributed by atoms with Gasteiger partial charge in [0.15, 0.2) is 11.5 Å². The van der Waals surface area contributed by atoms with Gasteiger partial charge in [-0.25, -0.2) is 9.78 Å². The Hall–Kier alpha value is -4.86. The van der Waals surface area contributed by atoms with Gasteiger partial charge in [-0.15, -0.1) is 0 Å². The molecule has 0 saturated carbocycles. The molecule has 194 valence electrons. The molecule has 1 aliphatic rings. The number of aromatic nitrogens is 1. The van der Waals surface area contributed by atoms with E-state index in [1.807, 2.05) is 48.5 Å². The van der Waals surface area contributed by atoms with Crippen LogP contribution in [0.5, 0.6) is 11.5 Å². The van der Waals surface area contributed by atoms with Gasteiger partial charge < -0.3 is 24.4 Å². The van der Waals surface area contributed by atoms with Crippen LogP contribution in [0.2, 0.25) is 0 Å². The summed E-state index contributed by atoms with van der Waals surface area (Å²) < 4.78 is 16.3. The van der Waals surface area contributed by atoms with Gasteiger partial charge in [-0.05, 0) is 41.3 Å². The van der Waals surface area contributed by atoms with Gasteiger partial charge in [0.25, 0.3) is 0 Å². The summed E-state index contributed by atoms with van der Waals surface area (Å²) in [6, 6.07) is 18.6. The summed E-state index contributed by atoms with van der Waals surface area (Å²) in [5.41, 5.74) is 4.26. The molecule has 38 heavy (non-hydrogen) atoms. The quantitative estimate of drug-likeness (QED) is 0.250. The summed E-state index contributed by atoms with van der Waals surface area (Å²) in [4.78, 5) is 30.0. The molecule has 1 aromatic heterocycles. The molecule has 0 unspecified atom stereocenters. The fraction of sp³-hybridized carbons (Fsp3) is 0.214. The average Bonchev–Trinajstić information content (AvgIpc) is 2.95. The number of benzene rings is 3. The fourth-order valence-corrected chi connectivity index (χ4v) is 4.52. The zero-order valence-electron chi connectivity index (χ0n) is 21.0. The van der Waals surface area contributed by atoms with Gasteiger partial charge in [-0.1, -0.05) is 36.4 Å². The number of hydrogen-bond acceptors (Lipinski definition) is 8. The van der Waals surface area contributed by atoms with E-state index in [4.69, 9.17) is 14.2 Å². The predicted octanol–water partition coefficient (Wildman–Crippen LogP) is 5.60. The molecule has 1 aliphatic heterocycles. The maximum atomic E-state index is 12.7. The van der Waals surface area contributed by atoms with E-state index in [1.54, 1.807) is 17.0 Å². The summed E-state index contributed by atoms with van der Waals surface area (Å²) in [6.45, 7) is 1.13. The van der Waals surface area contributed by atoms with Crippen molar-refractivity contribution >= 4 is 34.1 Å². The second-order valence-corrected chi connectivity index (χ2v) is 8.82. The number of nitrogens with one attached hydrogen (secondary N) is 1. The molecule has 0 radical (unpaired) electrons. The number of hydrogen-bond donors (Lipinski definition) is 1. The number of amides is 1. The van der Waals surface area contributed by atoms with Crippen LogP contribution in [0, 0.1) is 10.1 Å². The van der Waals surface area contributed by atoms with Gasteiger partial charge in [-0.3, -0.25) is 10.1 Å². The Labute approximate surface area is 218 Å². The third-order valence-electron chi connectivity index (χ3n) is 6.50. The van der Waals surface area contributed by atoms with Crippen molar-refractivity contribution in [1.82, 2.24) is 9.88 Å². The highest BCUT2D eigenvalue weighted by molar-refractivity contribution is 5.99. The lowest BCUT2D eigenvalue weighted by Gasteiger charge is -2.28. The minimum absolute atomic E-state index is 0.173. The van der Waals surface area contributed by atoms with Crippen molar-refractivity contribution in [3.05, 3.63) is 93.7 Å². The third kappa shape index (κ3) is 5.01. The SMILES string of the molecule is COc1cc2ncc([N+](=O)[O-])c(Nc3ccc4c(c3)CN(C(=O)OCc3ccccc3)CC4)c2cc1OC. The first kappa shape index (κ1) is 24.8. The number of rotatable bonds is 7. The highest BCUT2D eigenvalue weighted by Crippen LogP contribution is 2.40. The maximum Gasteiger partial charge on any atom is 0.410 e. The fourth-order valence-electron chi connectivity index (χ4n) is 4.52. The van der Waals surface area contributed by atoms with E-state index in [2.05, 4.69) is 10.3 Å². The molecule has 0 fully saturated rings. The number of carbonyl (C=O) groups is 1. The highest BCUT2D eigenvalue weighted by Gasteiger charge is 2.24. The summed E-state index contributed by atoms with van der Waals surface area (Å²) in [7, 11) is 3.02. The van der Waals surface area contributed by atoms with Crippen molar-refractivity contribution < 1.29 is 23.9 Å². The van der Waals surface area contributed by atoms with Crippen molar-refractivity contribution in [2.24, 2.45) is 0 Å². The Morgan fingerprint density at radius 2 is 1.82 bits per heavy atom. The van der Waals surface area contributed by atoms with E-state index in [1.165, 1.54) is 20.4 Å². The lowest BCUT2D eigenvalue weighted by Crippen LogP contribution is -2.36. The highest BCUT2D eigenvalue weighted by atomic mass is 16.6. The van der Waals surface area contributed by atoms with Crippen LogP contribution < -0.4 is 14.8 Å². The van der Waals surface area contributed by atoms with Crippen molar-refractivity contribution in [2.75, 3.05) is 26.1 Å². The molecule has 10 nitrogen and oxygen atoms in total. The second kappa shape index (κ2) is 10.6. The Morgan fingerprint density at radius 3 is 2.55 bits per heavy atom. The lowest BCUT2D eigenvalue weighted by atomic mass is 9.99. The number of nitro groups is 1. The van der Waals surface area contributed by atoms with E-state index < -0.39 is 4.92 Å². The average molecular weight is 515 g/mol. The van der Waals surface area contributed by atoms with Crippen LogP contribution >= 0.6 is 0 Å². The normalized spacial score (nSPS) is 12.5. The van der Waals surface area contributed by atoms with Crippen LogP contribution in [0.3, 0.4) is 0 Å². The molecule has 5 rings (SSSR count). The first-order valence-electron chi connectivity index (χ1n) is 12.0. The standard InChI is InChI=1S/C28H26N4O6/c1-36-25-13-22-23(14-26(25)37-2)29-15-24(32(34)35)27(22)30-21-9-8-19-10-11-31(16-20(19)12-21)28(33)38-17-18-6-4-3-5-7-18/h3-9,12-15H,10-11,16-17H2,1-2H3,(H,29,30). The first-order valence-corrected chi connectivity index (χ1v) is 12.0. The Kier molecular flexibility index (Phi) is 6.94. The largest absolute Gasteiger partial charge is 0.493 e. The second-order valence-electron chi connectivity index (χ2n) is 8.82. The molecule has 1 amide bonds. The van der Waals surface area contributed by atoms with Crippen molar-refractivity contribution in [2.45, 2.75) is 19.6 Å².